The quantitative estimate of drug-likeness (QED) is 0.314. The van der Waals surface area contributed by atoms with Crippen LogP contribution in [0.5, 0.6) is 0 Å². The zero-order valence-electron chi connectivity index (χ0n) is 20.2. The Hall–Kier alpha value is -1.13. The third-order valence-electron chi connectivity index (χ3n) is 6.93. The second-order valence-corrected chi connectivity index (χ2v) is 9.33. The van der Waals surface area contributed by atoms with E-state index in [1.165, 1.54) is 44.1 Å². The monoisotopic (exact) mass is 571 g/mol. The number of likely N-dealkylation sites (tertiary alicyclic amines) is 1. The number of nitrogens with zero attached hydrogens (tertiary/aromatic N) is 4. The Balaban J connectivity index is 0.00000306. The van der Waals surface area contributed by atoms with Crippen LogP contribution in [0.25, 0.3) is 0 Å². The molecule has 0 aliphatic carbocycles. The summed E-state index contributed by atoms with van der Waals surface area (Å²) in [4.78, 5) is 14.0. The maximum absolute atomic E-state index is 6.16. The van der Waals surface area contributed by atoms with Gasteiger partial charge in [0, 0.05) is 52.6 Å². The maximum Gasteiger partial charge on any atom is 0.193 e. The zero-order valence-corrected chi connectivity index (χ0v) is 22.5. The van der Waals surface area contributed by atoms with Crippen LogP contribution < -0.4 is 10.2 Å². The molecule has 0 aromatic carbocycles. The highest BCUT2D eigenvalue weighted by atomic mass is 127. The van der Waals surface area contributed by atoms with Gasteiger partial charge < -0.3 is 24.6 Å². The second-order valence-electron chi connectivity index (χ2n) is 9.33. The van der Waals surface area contributed by atoms with Crippen LogP contribution in [0.3, 0.4) is 0 Å². The highest BCUT2D eigenvalue weighted by Crippen LogP contribution is 2.19. The number of halogens is 1. The molecule has 3 saturated heterocycles. The Labute approximate surface area is 216 Å². The molecule has 3 aliphatic heterocycles. The fourth-order valence-corrected chi connectivity index (χ4v) is 4.94. The Morgan fingerprint density at radius 2 is 1.85 bits per heavy atom. The molecule has 1 atom stereocenters. The smallest absolute Gasteiger partial charge is 0.193 e. The number of anilines is 1. The van der Waals surface area contributed by atoms with Gasteiger partial charge in [-0.25, -0.2) is 4.98 Å². The second kappa shape index (κ2) is 14.3. The number of guanidine groups is 1. The molecule has 7 nitrogen and oxygen atoms in total. The van der Waals surface area contributed by atoms with E-state index >= 15 is 0 Å². The van der Waals surface area contributed by atoms with Crippen LogP contribution in [0.15, 0.2) is 23.3 Å². The average molecular weight is 572 g/mol. The number of hydrogen-bond acceptors (Lipinski definition) is 5. The van der Waals surface area contributed by atoms with E-state index in [2.05, 4.69) is 32.2 Å². The SMILES string of the molecule is CN=C(NCc1ccc(N2CCCCCC2)nc1)N1CCC(OCC2CCCCO2)CC1.I. The van der Waals surface area contributed by atoms with E-state index in [0.29, 0.717) is 12.2 Å². The molecule has 3 fully saturated rings. The van der Waals surface area contributed by atoms with Crippen molar-refractivity contribution in [2.24, 2.45) is 4.99 Å². The highest BCUT2D eigenvalue weighted by Gasteiger charge is 2.23. The van der Waals surface area contributed by atoms with Crippen LogP contribution >= 0.6 is 24.0 Å². The van der Waals surface area contributed by atoms with Crippen molar-refractivity contribution in [2.45, 2.75) is 76.5 Å². The summed E-state index contributed by atoms with van der Waals surface area (Å²) in [6.07, 6.45) is 13.6. The number of rotatable bonds is 6. The highest BCUT2D eigenvalue weighted by molar-refractivity contribution is 14.0. The van der Waals surface area contributed by atoms with E-state index in [1.807, 2.05) is 13.2 Å². The van der Waals surface area contributed by atoms with Crippen molar-refractivity contribution in [3.8, 4) is 0 Å². The minimum atomic E-state index is 0. The summed E-state index contributed by atoms with van der Waals surface area (Å²) in [6.45, 7) is 6.59. The predicted octanol–water partition coefficient (Wildman–Crippen LogP) is 4.21. The lowest BCUT2D eigenvalue weighted by atomic mass is 10.1. The number of nitrogens with one attached hydrogen (secondary N) is 1. The first-order valence-electron chi connectivity index (χ1n) is 12.7. The Bertz CT molecular complexity index is 695. The van der Waals surface area contributed by atoms with Gasteiger partial charge in [0.25, 0.3) is 0 Å². The van der Waals surface area contributed by atoms with Gasteiger partial charge in [-0.1, -0.05) is 18.9 Å². The Kier molecular flexibility index (Phi) is 11.5. The minimum absolute atomic E-state index is 0. The first kappa shape index (κ1) is 26.5. The summed E-state index contributed by atoms with van der Waals surface area (Å²) >= 11 is 0. The maximum atomic E-state index is 6.16. The van der Waals surface area contributed by atoms with Crippen molar-refractivity contribution >= 4 is 35.8 Å². The first-order chi connectivity index (χ1) is 15.8. The molecule has 4 heterocycles. The van der Waals surface area contributed by atoms with E-state index in [4.69, 9.17) is 14.5 Å². The fourth-order valence-electron chi connectivity index (χ4n) is 4.94. The topological polar surface area (TPSA) is 62.2 Å². The number of hydrogen-bond donors (Lipinski definition) is 1. The zero-order chi connectivity index (χ0) is 22.0. The molecule has 3 aliphatic rings. The van der Waals surface area contributed by atoms with Gasteiger partial charge >= 0.3 is 0 Å². The molecule has 0 amide bonds. The van der Waals surface area contributed by atoms with E-state index in [0.717, 1.165) is 77.0 Å². The third kappa shape index (κ3) is 8.24. The van der Waals surface area contributed by atoms with Crippen molar-refractivity contribution in [1.29, 1.82) is 0 Å². The molecule has 0 bridgehead atoms. The third-order valence-corrected chi connectivity index (χ3v) is 6.93. The summed E-state index contributed by atoms with van der Waals surface area (Å²) in [5.74, 6) is 2.08. The van der Waals surface area contributed by atoms with Crippen LogP contribution in [-0.4, -0.2) is 74.5 Å². The Morgan fingerprint density at radius 3 is 2.48 bits per heavy atom. The lowest BCUT2D eigenvalue weighted by molar-refractivity contribution is -0.0721. The van der Waals surface area contributed by atoms with E-state index in [9.17, 15) is 0 Å². The number of piperidine rings is 1. The van der Waals surface area contributed by atoms with Crippen molar-refractivity contribution in [3.63, 3.8) is 0 Å². The summed E-state index contributed by atoms with van der Waals surface area (Å²) in [5.41, 5.74) is 1.19. The molecule has 4 rings (SSSR count). The average Bonchev–Trinajstić information content (AvgIpc) is 3.15. The molecule has 0 radical (unpaired) electrons. The lowest BCUT2D eigenvalue weighted by Crippen LogP contribution is -2.47. The number of ether oxygens (including phenoxy) is 2. The number of aliphatic imine (C=N–C) groups is 1. The normalized spacial score (nSPS) is 23.1. The van der Waals surface area contributed by atoms with Gasteiger partial charge in [-0.05, 0) is 56.6 Å². The molecular formula is C25H42IN5O2. The molecule has 186 valence electrons. The van der Waals surface area contributed by atoms with Crippen molar-refractivity contribution in [1.82, 2.24) is 15.2 Å². The summed E-state index contributed by atoms with van der Waals surface area (Å²) in [6, 6.07) is 4.37. The number of pyridine rings is 1. The minimum Gasteiger partial charge on any atom is -0.376 e. The van der Waals surface area contributed by atoms with Crippen LogP contribution in [0, 0.1) is 0 Å². The molecule has 0 saturated carbocycles. The molecular weight excluding hydrogens is 529 g/mol. The summed E-state index contributed by atoms with van der Waals surface area (Å²) in [5, 5.41) is 3.52. The van der Waals surface area contributed by atoms with Gasteiger partial charge in [-0.2, -0.15) is 0 Å². The van der Waals surface area contributed by atoms with Crippen LogP contribution in [0.1, 0.15) is 63.4 Å². The van der Waals surface area contributed by atoms with Crippen molar-refractivity contribution in [2.75, 3.05) is 51.3 Å². The molecule has 1 unspecified atom stereocenters. The van der Waals surface area contributed by atoms with Gasteiger partial charge in [0.1, 0.15) is 5.82 Å². The molecule has 1 aromatic heterocycles. The fraction of sp³-hybridized carbons (Fsp3) is 0.760. The van der Waals surface area contributed by atoms with Gasteiger partial charge in [0.2, 0.25) is 0 Å². The largest absolute Gasteiger partial charge is 0.376 e. The molecule has 1 aromatic rings. The van der Waals surface area contributed by atoms with Crippen LogP contribution in [0.2, 0.25) is 0 Å². The number of aromatic nitrogens is 1. The van der Waals surface area contributed by atoms with Gasteiger partial charge in [-0.15, -0.1) is 24.0 Å². The van der Waals surface area contributed by atoms with Crippen molar-refractivity contribution < 1.29 is 9.47 Å². The van der Waals surface area contributed by atoms with Gasteiger partial charge in [-0.3, -0.25) is 4.99 Å². The molecule has 0 spiro atoms. The molecule has 1 N–H and O–H groups in total. The summed E-state index contributed by atoms with van der Waals surface area (Å²) in [7, 11) is 1.87. The van der Waals surface area contributed by atoms with E-state index in [-0.39, 0.29) is 24.0 Å². The van der Waals surface area contributed by atoms with Crippen LogP contribution in [-0.2, 0) is 16.0 Å². The molecule has 33 heavy (non-hydrogen) atoms. The van der Waals surface area contributed by atoms with Crippen LogP contribution in [0.4, 0.5) is 5.82 Å². The van der Waals surface area contributed by atoms with E-state index in [1.54, 1.807) is 0 Å². The Morgan fingerprint density at radius 1 is 1.06 bits per heavy atom. The summed E-state index contributed by atoms with van der Waals surface area (Å²) < 4.78 is 12.0. The standard InChI is InChI=1S/C25H41N5O2.HI/c1-26-25(30-15-11-22(12-16-30)32-20-23-8-4-7-17-31-23)28-19-21-9-10-24(27-18-21)29-13-5-2-3-6-14-29;/h9-10,18,22-23H,2-8,11-17,19-20H2,1H3,(H,26,28);1H. The molecule has 8 heteroatoms. The lowest BCUT2D eigenvalue weighted by Gasteiger charge is -2.35. The van der Waals surface area contributed by atoms with E-state index < -0.39 is 0 Å². The first-order valence-corrected chi connectivity index (χ1v) is 12.7. The van der Waals surface area contributed by atoms with Crippen molar-refractivity contribution in [3.05, 3.63) is 23.9 Å². The predicted molar refractivity (Wildman–Crippen MR) is 145 cm³/mol. The van der Waals surface area contributed by atoms with Gasteiger partial charge in [0.15, 0.2) is 5.96 Å². The van der Waals surface area contributed by atoms with Gasteiger partial charge in [0.05, 0.1) is 18.8 Å².